The molecular formula is C17H28N2O2S. The van der Waals surface area contributed by atoms with Gasteiger partial charge in [-0.3, -0.25) is 4.90 Å². The Morgan fingerprint density at radius 2 is 2.05 bits per heavy atom. The zero-order chi connectivity index (χ0) is 16.2. The lowest BCUT2D eigenvalue weighted by molar-refractivity contribution is 0.162. The number of benzene rings is 1. The van der Waals surface area contributed by atoms with E-state index in [1.165, 1.54) is 35.8 Å². The molecule has 0 radical (unpaired) electrons. The topological polar surface area (TPSA) is 49.4 Å². The van der Waals surface area contributed by atoms with Crippen LogP contribution in [0.4, 0.5) is 0 Å². The van der Waals surface area contributed by atoms with Crippen LogP contribution in [0.1, 0.15) is 36.0 Å². The maximum atomic E-state index is 11.1. The van der Waals surface area contributed by atoms with Crippen LogP contribution in [-0.4, -0.2) is 39.2 Å². The minimum atomic E-state index is -3.06. The van der Waals surface area contributed by atoms with E-state index in [4.69, 9.17) is 0 Å². The minimum absolute atomic E-state index is 0.557. The average molecular weight is 324 g/mol. The number of likely N-dealkylation sites (tertiary alicyclic amines) is 1. The highest BCUT2D eigenvalue weighted by Crippen LogP contribution is 2.21. The van der Waals surface area contributed by atoms with Crippen molar-refractivity contribution in [1.82, 2.24) is 9.62 Å². The summed E-state index contributed by atoms with van der Waals surface area (Å²) in [6.45, 7) is 8.07. The van der Waals surface area contributed by atoms with Gasteiger partial charge in [-0.1, -0.05) is 18.2 Å². The van der Waals surface area contributed by atoms with Crippen molar-refractivity contribution in [2.45, 2.75) is 39.7 Å². The van der Waals surface area contributed by atoms with E-state index in [-0.39, 0.29) is 0 Å². The number of aryl methyl sites for hydroxylation is 2. The van der Waals surface area contributed by atoms with Crippen molar-refractivity contribution < 1.29 is 8.42 Å². The summed E-state index contributed by atoms with van der Waals surface area (Å²) in [5.41, 5.74) is 4.06. The van der Waals surface area contributed by atoms with Gasteiger partial charge in [0.15, 0.2) is 0 Å². The highest BCUT2D eigenvalue weighted by atomic mass is 32.2. The first-order valence-electron chi connectivity index (χ1n) is 8.06. The molecule has 1 fully saturated rings. The van der Waals surface area contributed by atoms with Gasteiger partial charge in [-0.15, -0.1) is 0 Å². The predicted octanol–water partition coefficient (Wildman–Crippen LogP) is 2.45. The Morgan fingerprint density at radius 3 is 2.73 bits per heavy atom. The second-order valence-corrected chi connectivity index (χ2v) is 8.45. The van der Waals surface area contributed by atoms with Gasteiger partial charge in [0.25, 0.3) is 0 Å². The summed E-state index contributed by atoms with van der Waals surface area (Å²) < 4.78 is 24.8. The summed E-state index contributed by atoms with van der Waals surface area (Å²) in [6.07, 6.45) is 4.56. The van der Waals surface area contributed by atoms with Crippen LogP contribution in [0.2, 0.25) is 0 Å². The van der Waals surface area contributed by atoms with Crippen molar-refractivity contribution in [3.05, 3.63) is 34.9 Å². The van der Waals surface area contributed by atoms with Crippen molar-refractivity contribution in [2.24, 2.45) is 5.92 Å². The summed E-state index contributed by atoms with van der Waals surface area (Å²) >= 11 is 0. The number of hydrogen-bond donors (Lipinski definition) is 1. The Balaban J connectivity index is 1.83. The van der Waals surface area contributed by atoms with Gasteiger partial charge >= 0.3 is 0 Å². The Morgan fingerprint density at radius 1 is 1.27 bits per heavy atom. The third kappa shape index (κ3) is 5.71. The number of hydrogen-bond acceptors (Lipinski definition) is 3. The van der Waals surface area contributed by atoms with Gasteiger partial charge in [0.2, 0.25) is 10.0 Å². The number of sulfonamides is 1. The summed E-state index contributed by atoms with van der Waals surface area (Å²) in [5, 5.41) is 0. The molecule has 1 aliphatic rings. The first-order chi connectivity index (χ1) is 10.3. The first-order valence-corrected chi connectivity index (χ1v) is 9.96. The zero-order valence-corrected chi connectivity index (χ0v) is 14.7. The molecule has 0 saturated carbocycles. The van der Waals surface area contributed by atoms with Crippen molar-refractivity contribution in [3.63, 3.8) is 0 Å². The van der Waals surface area contributed by atoms with E-state index < -0.39 is 10.0 Å². The molecule has 0 aliphatic carbocycles. The molecule has 1 N–H and O–H groups in total. The van der Waals surface area contributed by atoms with E-state index in [0.29, 0.717) is 12.5 Å². The molecule has 124 valence electrons. The Kier molecular flexibility index (Phi) is 6.01. The largest absolute Gasteiger partial charge is 0.299 e. The molecule has 0 spiro atoms. The standard InChI is InChI=1S/C17H28N2O2S/c1-14-6-7-17(11-15(14)2)13-19-10-4-5-16(12-19)8-9-18-22(3,20)21/h6-7,11,16,18H,4-5,8-10,12-13H2,1-3H3. The molecule has 0 amide bonds. The lowest BCUT2D eigenvalue weighted by Crippen LogP contribution is -2.36. The predicted molar refractivity (Wildman–Crippen MR) is 91.4 cm³/mol. The number of piperidine rings is 1. The molecule has 1 heterocycles. The molecular weight excluding hydrogens is 296 g/mol. The maximum Gasteiger partial charge on any atom is 0.208 e. The second-order valence-electron chi connectivity index (χ2n) is 6.62. The maximum absolute atomic E-state index is 11.1. The van der Waals surface area contributed by atoms with Gasteiger partial charge < -0.3 is 0 Å². The van der Waals surface area contributed by atoms with Crippen molar-refractivity contribution in [2.75, 3.05) is 25.9 Å². The molecule has 1 unspecified atom stereocenters. The molecule has 1 aromatic carbocycles. The third-order valence-corrected chi connectivity index (χ3v) is 5.23. The normalized spacial score (nSPS) is 20.2. The van der Waals surface area contributed by atoms with E-state index in [1.807, 2.05) is 0 Å². The Bertz CT molecular complexity index is 599. The molecule has 1 atom stereocenters. The fraction of sp³-hybridized carbons (Fsp3) is 0.647. The average Bonchev–Trinajstić information content (AvgIpc) is 2.42. The molecule has 1 aliphatic heterocycles. The van der Waals surface area contributed by atoms with Crippen LogP contribution in [0.15, 0.2) is 18.2 Å². The monoisotopic (exact) mass is 324 g/mol. The van der Waals surface area contributed by atoms with Crippen LogP contribution in [0.5, 0.6) is 0 Å². The second kappa shape index (κ2) is 7.57. The van der Waals surface area contributed by atoms with Crippen molar-refractivity contribution in [3.8, 4) is 0 Å². The lowest BCUT2D eigenvalue weighted by atomic mass is 9.94. The van der Waals surface area contributed by atoms with Crippen LogP contribution < -0.4 is 4.72 Å². The van der Waals surface area contributed by atoms with E-state index in [0.717, 1.165) is 26.1 Å². The summed E-state index contributed by atoms with van der Waals surface area (Å²) in [6, 6.07) is 6.70. The van der Waals surface area contributed by atoms with E-state index in [2.05, 4.69) is 41.7 Å². The molecule has 1 saturated heterocycles. The van der Waals surface area contributed by atoms with Crippen LogP contribution in [0.25, 0.3) is 0 Å². The Hall–Kier alpha value is -0.910. The fourth-order valence-corrected chi connectivity index (χ4v) is 3.63. The van der Waals surface area contributed by atoms with Crippen molar-refractivity contribution >= 4 is 10.0 Å². The number of nitrogens with one attached hydrogen (secondary N) is 1. The molecule has 0 bridgehead atoms. The van der Waals surface area contributed by atoms with Crippen molar-refractivity contribution in [1.29, 1.82) is 0 Å². The van der Waals surface area contributed by atoms with E-state index in [9.17, 15) is 8.42 Å². The molecule has 22 heavy (non-hydrogen) atoms. The first kappa shape index (κ1) is 17.4. The summed E-state index contributed by atoms with van der Waals surface area (Å²) in [4.78, 5) is 2.50. The van der Waals surface area contributed by atoms with Gasteiger partial charge in [-0.25, -0.2) is 13.1 Å². The number of rotatable bonds is 6. The SMILES string of the molecule is Cc1ccc(CN2CCCC(CCNS(C)(=O)=O)C2)cc1C. The third-order valence-electron chi connectivity index (χ3n) is 4.50. The minimum Gasteiger partial charge on any atom is -0.299 e. The molecule has 4 nitrogen and oxygen atoms in total. The van der Waals surface area contributed by atoms with Gasteiger partial charge in [0.1, 0.15) is 0 Å². The lowest BCUT2D eigenvalue weighted by Gasteiger charge is -2.33. The van der Waals surface area contributed by atoms with Crippen LogP contribution >= 0.6 is 0 Å². The van der Waals surface area contributed by atoms with E-state index >= 15 is 0 Å². The quantitative estimate of drug-likeness (QED) is 0.874. The molecule has 2 rings (SSSR count). The molecule has 5 heteroatoms. The van der Waals surface area contributed by atoms with Gasteiger partial charge in [-0.2, -0.15) is 0 Å². The highest BCUT2D eigenvalue weighted by Gasteiger charge is 2.20. The smallest absolute Gasteiger partial charge is 0.208 e. The highest BCUT2D eigenvalue weighted by molar-refractivity contribution is 7.88. The molecule has 1 aromatic rings. The Labute approximate surface area is 135 Å². The molecule has 0 aromatic heterocycles. The van der Waals surface area contributed by atoms with Gasteiger partial charge in [0.05, 0.1) is 6.26 Å². The van der Waals surface area contributed by atoms with E-state index in [1.54, 1.807) is 0 Å². The zero-order valence-electron chi connectivity index (χ0n) is 13.9. The fourth-order valence-electron chi connectivity index (χ4n) is 3.14. The van der Waals surface area contributed by atoms with Gasteiger partial charge in [-0.05, 0) is 62.3 Å². The number of nitrogens with zero attached hydrogens (tertiary/aromatic N) is 1. The summed E-state index contributed by atoms with van der Waals surface area (Å²) in [7, 11) is -3.06. The summed E-state index contributed by atoms with van der Waals surface area (Å²) in [5.74, 6) is 0.592. The van der Waals surface area contributed by atoms with Crippen LogP contribution in [0.3, 0.4) is 0 Å². The van der Waals surface area contributed by atoms with Crippen LogP contribution in [0, 0.1) is 19.8 Å². The van der Waals surface area contributed by atoms with Gasteiger partial charge in [0, 0.05) is 19.6 Å². The van der Waals surface area contributed by atoms with Crippen LogP contribution in [-0.2, 0) is 16.6 Å².